The summed E-state index contributed by atoms with van der Waals surface area (Å²) < 4.78 is 41.4. The molecule has 1 N–H and O–H groups in total. The zero-order valence-corrected chi connectivity index (χ0v) is 15.2. The lowest BCUT2D eigenvalue weighted by molar-refractivity contribution is -0.274. The van der Waals surface area contributed by atoms with Crippen LogP contribution in [0.4, 0.5) is 13.2 Å². The van der Waals surface area contributed by atoms with Crippen LogP contribution in [0.3, 0.4) is 0 Å². The molecule has 0 saturated carbocycles. The van der Waals surface area contributed by atoms with Crippen molar-refractivity contribution < 1.29 is 22.7 Å². The number of aromatic nitrogens is 2. The molecule has 3 heterocycles. The predicted molar refractivity (Wildman–Crippen MR) is 94.2 cm³/mol. The number of likely N-dealkylation sites (tertiary alicyclic amines) is 1. The van der Waals surface area contributed by atoms with Gasteiger partial charge in [0.05, 0.1) is 11.7 Å². The maximum atomic E-state index is 12.5. The van der Waals surface area contributed by atoms with Crippen molar-refractivity contribution >= 4 is 5.91 Å². The number of hydrogen-bond acceptors (Lipinski definition) is 5. The van der Waals surface area contributed by atoms with Gasteiger partial charge in [-0.3, -0.25) is 10.1 Å². The van der Waals surface area contributed by atoms with Crippen LogP contribution < -0.4 is 10.1 Å². The van der Waals surface area contributed by atoms with Crippen molar-refractivity contribution in [2.24, 2.45) is 0 Å². The number of ether oxygens (including phenoxy) is 1. The lowest BCUT2D eigenvalue weighted by Gasteiger charge is -2.23. The summed E-state index contributed by atoms with van der Waals surface area (Å²) in [5, 5.41) is 3.39. The van der Waals surface area contributed by atoms with E-state index in [9.17, 15) is 18.0 Å². The number of hydrogen-bond donors (Lipinski definition) is 1. The normalized spacial score (nSPS) is 24.9. The third-order valence-corrected chi connectivity index (χ3v) is 5.29. The number of likely N-dealkylation sites (N-methyl/N-ethyl adjacent to an activating group) is 1. The molecule has 148 valence electrons. The first-order valence-electron chi connectivity index (χ1n) is 8.98. The largest absolute Gasteiger partial charge is 0.573 e. The fraction of sp³-hybridized carbons (Fsp3) is 0.421. The molecule has 4 rings (SSSR count). The van der Waals surface area contributed by atoms with Crippen LogP contribution in [0.5, 0.6) is 5.75 Å². The van der Waals surface area contributed by atoms with Gasteiger partial charge in [-0.15, -0.1) is 13.2 Å². The molecular formula is C19H19F3N4O2. The van der Waals surface area contributed by atoms with Gasteiger partial charge in [-0.2, -0.15) is 0 Å². The maximum Gasteiger partial charge on any atom is 0.573 e. The van der Waals surface area contributed by atoms with Crippen LogP contribution in [0, 0.1) is 0 Å². The van der Waals surface area contributed by atoms with Gasteiger partial charge in [0, 0.05) is 25.4 Å². The first kappa shape index (κ1) is 18.7. The van der Waals surface area contributed by atoms with E-state index in [4.69, 9.17) is 0 Å². The van der Waals surface area contributed by atoms with E-state index in [1.165, 1.54) is 18.2 Å². The molecule has 9 heteroatoms. The summed E-state index contributed by atoms with van der Waals surface area (Å²) in [6.07, 6.45) is -0.998. The van der Waals surface area contributed by atoms with E-state index in [1.807, 2.05) is 0 Å². The van der Waals surface area contributed by atoms with Crippen molar-refractivity contribution in [2.75, 3.05) is 13.6 Å². The molecular weight excluding hydrogens is 373 g/mol. The van der Waals surface area contributed by atoms with E-state index in [1.54, 1.807) is 30.3 Å². The van der Waals surface area contributed by atoms with Gasteiger partial charge in [0.2, 0.25) is 5.91 Å². The molecule has 1 aromatic heterocycles. The Kier molecular flexibility index (Phi) is 4.49. The molecule has 0 radical (unpaired) electrons. The van der Waals surface area contributed by atoms with Gasteiger partial charge in [-0.25, -0.2) is 9.97 Å². The van der Waals surface area contributed by atoms with Gasteiger partial charge in [-0.05, 0) is 37.5 Å². The van der Waals surface area contributed by atoms with Crippen molar-refractivity contribution in [3.05, 3.63) is 42.4 Å². The van der Waals surface area contributed by atoms with Crippen molar-refractivity contribution in [2.45, 2.75) is 37.2 Å². The number of rotatable bonds is 3. The van der Waals surface area contributed by atoms with Crippen molar-refractivity contribution in [1.29, 1.82) is 0 Å². The molecule has 1 spiro atoms. The Morgan fingerprint density at radius 3 is 2.82 bits per heavy atom. The summed E-state index contributed by atoms with van der Waals surface area (Å²) in [6, 6.07) is 7.13. The van der Waals surface area contributed by atoms with E-state index in [2.05, 4.69) is 20.0 Å². The Labute approximate surface area is 159 Å². The summed E-state index contributed by atoms with van der Waals surface area (Å²) in [7, 11) is 1.79. The van der Waals surface area contributed by atoms with Crippen LogP contribution in [0.15, 0.2) is 36.5 Å². The van der Waals surface area contributed by atoms with E-state index < -0.39 is 11.9 Å². The number of nitrogens with zero attached hydrogens (tertiary/aromatic N) is 3. The molecule has 0 bridgehead atoms. The summed E-state index contributed by atoms with van der Waals surface area (Å²) in [5.41, 5.74) is 0.434. The van der Waals surface area contributed by atoms with Crippen molar-refractivity contribution in [3.63, 3.8) is 0 Å². The molecule has 6 nitrogen and oxygen atoms in total. The third-order valence-electron chi connectivity index (χ3n) is 5.29. The minimum absolute atomic E-state index is 0.0863. The van der Waals surface area contributed by atoms with Gasteiger partial charge >= 0.3 is 6.36 Å². The van der Waals surface area contributed by atoms with Gasteiger partial charge in [0.15, 0.2) is 0 Å². The van der Waals surface area contributed by atoms with Crippen LogP contribution in [-0.2, 0) is 4.79 Å². The zero-order valence-electron chi connectivity index (χ0n) is 15.2. The second-order valence-corrected chi connectivity index (χ2v) is 7.17. The van der Waals surface area contributed by atoms with Crippen molar-refractivity contribution in [3.8, 4) is 17.0 Å². The number of nitrogens with one attached hydrogen (secondary N) is 1. The molecule has 1 aromatic carbocycles. The molecule has 1 amide bonds. The minimum atomic E-state index is -4.75. The van der Waals surface area contributed by atoms with Gasteiger partial charge in [0.1, 0.15) is 17.1 Å². The smallest absolute Gasteiger partial charge is 0.406 e. The fourth-order valence-corrected chi connectivity index (χ4v) is 3.92. The van der Waals surface area contributed by atoms with Crippen LogP contribution in [0.25, 0.3) is 11.3 Å². The van der Waals surface area contributed by atoms with Gasteiger partial charge < -0.3 is 9.64 Å². The number of carbonyl (C=O) groups is 1. The van der Waals surface area contributed by atoms with E-state index in [0.29, 0.717) is 30.0 Å². The Morgan fingerprint density at radius 1 is 1.29 bits per heavy atom. The van der Waals surface area contributed by atoms with E-state index in [-0.39, 0.29) is 17.7 Å². The monoisotopic (exact) mass is 392 g/mol. The number of amides is 1. The number of carbonyl (C=O) groups excluding carboxylic acids is 1. The van der Waals surface area contributed by atoms with Crippen LogP contribution in [0.2, 0.25) is 0 Å². The summed E-state index contributed by atoms with van der Waals surface area (Å²) in [5.74, 6) is 0.310. The Balaban J connectivity index is 1.56. The Bertz CT molecular complexity index is 905. The van der Waals surface area contributed by atoms with Crippen molar-refractivity contribution in [1.82, 2.24) is 20.2 Å². The van der Waals surface area contributed by atoms with E-state index >= 15 is 0 Å². The number of benzene rings is 1. The second kappa shape index (κ2) is 6.73. The SMILES string of the molecule is CN1CC[C@@]2(CC[C@H](c3nccc(-c4cccc(OC(F)(F)F)c4)n3)N2)C1=O. The van der Waals surface area contributed by atoms with E-state index in [0.717, 1.165) is 12.8 Å². The Hall–Kier alpha value is -2.68. The third kappa shape index (κ3) is 3.54. The van der Waals surface area contributed by atoms with Crippen LogP contribution in [0.1, 0.15) is 31.1 Å². The molecule has 2 aromatic rings. The average Bonchev–Trinajstić information content (AvgIpc) is 3.21. The number of alkyl halides is 3. The Morgan fingerprint density at radius 2 is 2.11 bits per heavy atom. The molecule has 2 fully saturated rings. The first-order valence-corrected chi connectivity index (χ1v) is 8.98. The zero-order chi connectivity index (χ0) is 19.9. The molecule has 2 saturated heterocycles. The maximum absolute atomic E-state index is 12.5. The standard InChI is InChI=1S/C19H19F3N4O2/c1-26-10-8-18(17(26)27)7-5-15(25-18)16-23-9-6-14(24-16)12-3-2-4-13(11-12)28-19(20,21)22/h2-4,6,9,11,15,25H,5,7-8,10H2,1H3/t15-,18+/m1/s1. The molecule has 0 aliphatic carbocycles. The fourth-order valence-electron chi connectivity index (χ4n) is 3.92. The molecule has 0 unspecified atom stereocenters. The topological polar surface area (TPSA) is 67.3 Å². The summed E-state index contributed by atoms with van der Waals surface area (Å²) >= 11 is 0. The van der Waals surface area contributed by atoms with Gasteiger partial charge in [-0.1, -0.05) is 12.1 Å². The average molecular weight is 392 g/mol. The minimum Gasteiger partial charge on any atom is -0.406 e. The second-order valence-electron chi connectivity index (χ2n) is 7.17. The van der Waals surface area contributed by atoms with Gasteiger partial charge in [0.25, 0.3) is 0 Å². The van der Waals surface area contributed by atoms with Crippen LogP contribution in [-0.4, -0.2) is 46.3 Å². The quantitative estimate of drug-likeness (QED) is 0.870. The highest BCUT2D eigenvalue weighted by atomic mass is 19.4. The first-order chi connectivity index (χ1) is 13.3. The summed E-state index contributed by atoms with van der Waals surface area (Å²) in [4.78, 5) is 23.0. The lowest BCUT2D eigenvalue weighted by Crippen LogP contribution is -2.47. The van der Waals surface area contributed by atoms with Crippen LogP contribution >= 0.6 is 0 Å². The molecule has 2 aliphatic rings. The summed E-state index contributed by atoms with van der Waals surface area (Å²) in [6.45, 7) is 0.714. The molecule has 2 aliphatic heterocycles. The highest BCUT2D eigenvalue weighted by Gasteiger charge is 2.50. The highest BCUT2D eigenvalue weighted by molar-refractivity contribution is 5.88. The molecule has 2 atom stereocenters. The number of halogens is 3. The highest BCUT2D eigenvalue weighted by Crippen LogP contribution is 2.38. The molecule has 28 heavy (non-hydrogen) atoms. The lowest BCUT2D eigenvalue weighted by atomic mass is 9.96. The predicted octanol–water partition coefficient (Wildman–Crippen LogP) is 3.07.